The van der Waals surface area contributed by atoms with Gasteiger partial charge in [-0.15, -0.1) is 0 Å². The van der Waals surface area contributed by atoms with Crippen LogP contribution >= 0.6 is 0 Å². The van der Waals surface area contributed by atoms with Gasteiger partial charge in [-0.25, -0.2) is 0 Å². The molecule has 0 aromatic rings. The Bertz CT molecular complexity index is 315. The van der Waals surface area contributed by atoms with E-state index in [0.29, 0.717) is 5.41 Å². The van der Waals surface area contributed by atoms with Crippen LogP contribution in [0.5, 0.6) is 0 Å². The number of quaternary nitrogens is 1. The molecular formula is C18H32N+. The number of nitrogens with zero attached hydrogens (tertiary/aromatic N) is 1. The summed E-state index contributed by atoms with van der Waals surface area (Å²) in [6, 6.07) is 0. The predicted octanol–water partition coefficient (Wildman–Crippen LogP) is 4.25. The van der Waals surface area contributed by atoms with E-state index < -0.39 is 0 Å². The van der Waals surface area contributed by atoms with Crippen molar-refractivity contribution in [2.45, 2.75) is 52.4 Å². The molecule has 4 aliphatic carbocycles. The fourth-order valence-electron chi connectivity index (χ4n) is 5.42. The van der Waals surface area contributed by atoms with Gasteiger partial charge in [0.2, 0.25) is 0 Å². The second-order valence-electron chi connectivity index (χ2n) is 8.12. The molecule has 0 spiro atoms. The molecule has 4 aliphatic rings. The van der Waals surface area contributed by atoms with Crippen LogP contribution in [-0.2, 0) is 0 Å². The Hall–Kier alpha value is -0.300. The zero-order valence-corrected chi connectivity index (χ0v) is 13.2. The molecule has 1 heteroatoms. The van der Waals surface area contributed by atoms with Crippen molar-refractivity contribution in [3.05, 3.63) is 12.2 Å². The van der Waals surface area contributed by atoms with Gasteiger partial charge < -0.3 is 4.48 Å². The average Bonchev–Trinajstić information content (AvgIpc) is 2.36. The van der Waals surface area contributed by atoms with Crippen LogP contribution in [-0.4, -0.2) is 31.2 Å². The summed E-state index contributed by atoms with van der Waals surface area (Å²) in [4.78, 5) is 0. The third-order valence-corrected chi connectivity index (χ3v) is 6.63. The molecule has 19 heavy (non-hydrogen) atoms. The smallest absolute Gasteiger partial charge is 0.0971 e. The van der Waals surface area contributed by atoms with Gasteiger partial charge in [0.25, 0.3) is 0 Å². The van der Waals surface area contributed by atoms with Crippen molar-refractivity contribution in [3.63, 3.8) is 0 Å². The van der Waals surface area contributed by atoms with E-state index in [1.54, 1.807) is 19.3 Å². The van der Waals surface area contributed by atoms with Crippen molar-refractivity contribution in [1.29, 1.82) is 0 Å². The second kappa shape index (κ2) is 4.91. The lowest BCUT2D eigenvalue weighted by Gasteiger charge is -2.56. The molecule has 0 aliphatic heterocycles. The van der Waals surface area contributed by atoms with E-state index in [4.69, 9.17) is 0 Å². The zero-order chi connectivity index (χ0) is 13.5. The first-order valence-electron chi connectivity index (χ1n) is 8.58. The Kier molecular flexibility index (Phi) is 3.53. The van der Waals surface area contributed by atoms with Gasteiger partial charge in [0.1, 0.15) is 0 Å². The molecule has 0 heterocycles. The molecule has 0 atom stereocenters. The summed E-state index contributed by atoms with van der Waals surface area (Å²) < 4.78 is 1.20. The van der Waals surface area contributed by atoms with E-state index in [2.05, 4.69) is 33.0 Å². The van der Waals surface area contributed by atoms with Crippen LogP contribution in [0, 0.1) is 23.2 Å². The van der Waals surface area contributed by atoms with Crippen molar-refractivity contribution in [2.75, 3.05) is 26.7 Å². The number of hydrogen-bond acceptors (Lipinski definition) is 0. The SMILES string of the molecule is CC[N+](C)(CC)CC=CC12CC3CC(CC(C3)C1)C2. The highest BCUT2D eigenvalue weighted by Crippen LogP contribution is 2.60. The van der Waals surface area contributed by atoms with Crippen LogP contribution in [0.1, 0.15) is 52.4 Å². The topological polar surface area (TPSA) is 0 Å². The molecule has 4 saturated carbocycles. The molecule has 0 aromatic carbocycles. The van der Waals surface area contributed by atoms with Gasteiger partial charge in [0.15, 0.2) is 0 Å². The van der Waals surface area contributed by atoms with Crippen molar-refractivity contribution < 1.29 is 4.48 Å². The molecule has 4 fully saturated rings. The predicted molar refractivity (Wildman–Crippen MR) is 81.9 cm³/mol. The molecule has 1 nitrogen and oxygen atoms in total. The first-order chi connectivity index (χ1) is 9.06. The van der Waals surface area contributed by atoms with Gasteiger partial charge in [0.05, 0.1) is 26.7 Å². The Morgan fingerprint density at radius 1 is 0.947 bits per heavy atom. The molecule has 4 bridgehead atoms. The van der Waals surface area contributed by atoms with Gasteiger partial charge in [-0.1, -0.05) is 6.08 Å². The highest BCUT2D eigenvalue weighted by atomic mass is 15.3. The Labute approximate surface area is 119 Å². The summed E-state index contributed by atoms with van der Waals surface area (Å²) in [7, 11) is 2.39. The largest absolute Gasteiger partial charge is 0.323 e. The van der Waals surface area contributed by atoms with Crippen LogP contribution in [0.4, 0.5) is 0 Å². The van der Waals surface area contributed by atoms with Crippen LogP contribution in [0.25, 0.3) is 0 Å². The summed E-state index contributed by atoms with van der Waals surface area (Å²) in [5.41, 5.74) is 0.626. The highest BCUT2D eigenvalue weighted by molar-refractivity contribution is 5.10. The summed E-state index contributed by atoms with van der Waals surface area (Å²) in [5, 5.41) is 0. The molecule has 0 radical (unpaired) electrons. The highest BCUT2D eigenvalue weighted by Gasteiger charge is 2.49. The van der Waals surface area contributed by atoms with E-state index in [9.17, 15) is 0 Å². The summed E-state index contributed by atoms with van der Waals surface area (Å²) in [5.74, 6) is 3.23. The number of allylic oxidation sites excluding steroid dienone is 1. The number of hydrogen-bond donors (Lipinski definition) is 0. The number of rotatable bonds is 5. The lowest BCUT2D eigenvalue weighted by Crippen LogP contribution is -2.46. The van der Waals surface area contributed by atoms with Crippen molar-refractivity contribution in [3.8, 4) is 0 Å². The average molecular weight is 262 g/mol. The maximum atomic E-state index is 2.67. The normalized spacial score (nSPS) is 41.3. The van der Waals surface area contributed by atoms with Gasteiger partial charge in [-0.3, -0.25) is 0 Å². The molecule has 0 aromatic heterocycles. The Morgan fingerprint density at radius 3 is 1.84 bits per heavy atom. The monoisotopic (exact) mass is 262 g/mol. The molecule has 0 N–H and O–H groups in total. The molecule has 0 unspecified atom stereocenters. The van der Waals surface area contributed by atoms with E-state index in [0.717, 1.165) is 17.8 Å². The maximum absolute atomic E-state index is 2.67. The zero-order valence-electron chi connectivity index (χ0n) is 13.2. The second-order valence-corrected chi connectivity index (χ2v) is 8.12. The molecule has 0 saturated heterocycles. The Balaban J connectivity index is 1.66. The fraction of sp³-hybridized carbons (Fsp3) is 0.889. The summed E-state index contributed by atoms with van der Waals surface area (Å²) in [6.45, 7) is 8.38. The molecule has 0 amide bonds. The molecular weight excluding hydrogens is 230 g/mol. The minimum Gasteiger partial charge on any atom is -0.323 e. The fourth-order valence-corrected chi connectivity index (χ4v) is 5.42. The standard InChI is InChI=1S/C18H32N/c1-4-19(3,5-2)8-6-7-18-12-15-9-16(13-18)11-17(10-15)14-18/h6-7,15-17H,4-5,8-14H2,1-3H3/q+1. The third-order valence-electron chi connectivity index (χ3n) is 6.63. The van der Waals surface area contributed by atoms with E-state index in [1.807, 2.05) is 0 Å². The Morgan fingerprint density at radius 2 is 1.42 bits per heavy atom. The lowest BCUT2D eigenvalue weighted by molar-refractivity contribution is -0.900. The first-order valence-corrected chi connectivity index (χ1v) is 8.58. The van der Waals surface area contributed by atoms with Gasteiger partial charge >= 0.3 is 0 Å². The first kappa shape index (κ1) is 13.7. The summed E-state index contributed by atoms with van der Waals surface area (Å²) in [6.07, 6.45) is 14.4. The summed E-state index contributed by atoms with van der Waals surface area (Å²) >= 11 is 0. The van der Waals surface area contributed by atoms with E-state index in [-0.39, 0.29) is 0 Å². The molecule has 108 valence electrons. The van der Waals surface area contributed by atoms with E-state index >= 15 is 0 Å². The van der Waals surface area contributed by atoms with E-state index in [1.165, 1.54) is 43.4 Å². The van der Waals surface area contributed by atoms with Gasteiger partial charge in [-0.05, 0) is 81.6 Å². The minimum atomic E-state index is 0.626. The van der Waals surface area contributed by atoms with Crippen LogP contribution in [0.2, 0.25) is 0 Å². The van der Waals surface area contributed by atoms with Crippen molar-refractivity contribution in [1.82, 2.24) is 0 Å². The van der Waals surface area contributed by atoms with Crippen LogP contribution in [0.3, 0.4) is 0 Å². The van der Waals surface area contributed by atoms with Gasteiger partial charge in [0, 0.05) is 0 Å². The number of likely N-dealkylation sites (N-methyl/N-ethyl adjacent to an activating group) is 1. The van der Waals surface area contributed by atoms with Crippen molar-refractivity contribution >= 4 is 0 Å². The molecule has 4 rings (SSSR count). The van der Waals surface area contributed by atoms with Crippen molar-refractivity contribution in [2.24, 2.45) is 23.2 Å². The third kappa shape index (κ3) is 2.63. The quantitative estimate of drug-likeness (QED) is 0.513. The van der Waals surface area contributed by atoms with Crippen LogP contribution < -0.4 is 0 Å². The minimum absolute atomic E-state index is 0.626. The van der Waals surface area contributed by atoms with Gasteiger partial charge in [-0.2, -0.15) is 0 Å². The maximum Gasteiger partial charge on any atom is 0.0971 e. The lowest BCUT2D eigenvalue weighted by atomic mass is 9.49. The van der Waals surface area contributed by atoms with Crippen LogP contribution in [0.15, 0.2) is 12.2 Å².